The number of aromatic nitrogens is 1. The molecule has 1 heterocycles. The third-order valence-electron chi connectivity index (χ3n) is 3.07. The molecule has 0 spiro atoms. The number of carbonyl (C=O) groups excluding carboxylic acids is 2. The maximum atomic E-state index is 12.3. The second-order valence-corrected chi connectivity index (χ2v) is 5.06. The Kier molecular flexibility index (Phi) is 4.07. The first-order valence-corrected chi connectivity index (χ1v) is 6.57. The molecule has 0 unspecified atom stereocenters. The molecule has 2 rings (SSSR count). The Morgan fingerprint density at radius 2 is 1.86 bits per heavy atom. The van der Waals surface area contributed by atoms with Gasteiger partial charge in [-0.15, -0.1) is 0 Å². The topological polar surface area (TPSA) is 98.2 Å². The largest absolute Gasteiger partial charge is 0.366 e. The van der Waals surface area contributed by atoms with E-state index in [4.69, 9.17) is 10.3 Å². The van der Waals surface area contributed by atoms with Gasteiger partial charge in [-0.3, -0.25) is 9.59 Å². The van der Waals surface area contributed by atoms with Crippen molar-refractivity contribution in [3.05, 3.63) is 46.8 Å². The van der Waals surface area contributed by atoms with E-state index in [9.17, 15) is 9.59 Å². The summed E-state index contributed by atoms with van der Waals surface area (Å²) in [4.78, 5) is 23.3. The van der Waals surface area contributed by atoms with Crippen LogP contribution in [0.2, 0.25) is 0 Å². The second-order valence-electron chi connectivity index (χ2n) is 5.06. The lowest BCUT2D eigenvalue weighted by Gasteiger charge is -2.07. The summed E-state index contributed by atoms with van der Waals surface area (Å²) in [5.41, 5.74) is 7.12. The van der Waals surface area contributed by atoms with Crippen LogP contribution in [0, 0.1) is 6.92 Å². The predicted octanol–water partition coefficient (Wildman–Crippen LogP) is 2.46. The molecule has 1 aromatic heterocycles. The Morgan fingerprint density at radius 3 is 2.38 bits per heavy atom. The maximum absolute atomic E-state index is 12.3. The Bertz CT molecular complexity index is 672. The third kappa shape index (κ3) is 3.10. The highest BCUT2D eigenvalue weighted by Gasteiger charge is 2.22. The molecule has 2 aromatic rings. The SMILES string of the molecule is Cc1noc(C(C)C)c1C(=O)Nc1ccc(C(N)=O)cc1. The Labute approximate surface area is 122 Å². The van der Waals surface area contributed by atoms with Crippen molar-refractivity contribution in [2.75, 3.05) is 5.32 Å². The fourth-order valence-electron chi connectivity index (χ4n) is 1.97. The van der Waals surface area contributed by atoms with E-state index in [0.717, 1.165) is 0 Å². The van der Waals surface area contributed by atoms with E-state index in [2.05, 4.69) is 10.5 Å². The lowest BCUT2D eigenvalue weighted by atomic mass is 10.0. The van der Waals surface area contributed by atoms with Crippen LogP contribution in [-0.2, 0) is 0 Å². The zero-order valence-corrected chi connectivity index (χ0v) is 12.1. The van der Waals surface area contributed by atoms with Crippen LogP contribution in [0.4, 0.5) is 5.69 Å². The van der Waals surface area contributed by atoms with Gasteiger partial charge in [-0.1, -0.05) is 19.0 Å². The summed E-state index contributed by atoms with van der Waals surface area (Å²) in [5, 5.41) is 6.60. The number of rotatable bonds is 4. The maximum Gasteiger partial charge on any atom is 0.261 e. The molecule has 1 aromatic carbocycles. The van der Waals surface area contributed by atoms with Gasteiger partial charge >= 0.3 is 0 Å². The van der Waals surface area contributed by atoms with E-state index >= 15 is 0 Å². The molecule has 3 N–H and O–H groups in total. The molecular formula is C15H17N3O3. The molecule has 0 radical (unpaired) electrons. The second kappa shape index (κ2) is 5.78. The minimum atomic E-state index is -0.509. The van der Waals surface area contributed by atoms with Crippen molar-refractivity contribution >= 4 is 17.5 Å². The van der Waals surface area contributed by atoms with Crippen LogP contribution in [-0.4, -0.2) is 17.0 Å². The Balaban J connectivity index is 2.22. The van der Waals surface area contributed by atoms with Gasteiger partial charge in [0.2, 0.25) is 5.91 Å². The smallest absolute Gasteiger partial charge is 0.261 e. The summed E-state index contributed by atoms with van der Waals surface area (Å²) in [6.07, 6.45) is 0. The van der Waals surface area contributed by atoms with Crippen molar-refractivity contribution in [2.24, 2.45) is 5.73 Å². The van der Waals surface area contributed by atoms with Gasteiger partial charge in [-0.05, 0) is 31.2 Å². The van der Waals surface area contributed by atoms with Crippen LogP contribution < -0.4 is 11.1 Å². The van der Waals surface area contributed by atoms with Crippen molar-refractivity contribution in [1.82, 2.24) is 5.16 Å². The lowest BCUT2D eigenvalue weighted by Crippen LogP contribution is -2.15. The number of amides is 2. The van der Waals surface area contributed by atoms with Gasteiger partial charge in [-0.2, -0.15) is 0 Å². The number of carbonyl (C=O) groups is 2. The first-order chi connectivity index (χ1) is 9.90. The summed E-state index contributed by atoms with van der Waals surface area (Å²) in [6, 6.07) is 6.36. The summed E-state index contributed by atoms with van der Waals surface area (Å²) in [7, 11) is 0. The van der Waals surface area contributed by atoms with Crippen molar-refractivity contribution in [3.8, 4) is 0 Å². The number of primary amides is 1. The highest BCUT2D eigenvalue weighted by molar-refractivity contribution is 6.06. The molecule has 6 heteroatoms. The summed E-state index contributed by atoms with van der Waals surface area (Å²) >= 11 is 0. The molecule has 6 nitrogen and oxygen atoms in total. The van der Waals surface area contributed by atoms with Gasteiger partial charge in [0.05, 0.1) is 5.69 Å². The highest BCUT2D eigenvalue weighted by Crippen LogP contribution is 2.23. The van der Waals surface area contributed by atoms with E-state index in [-0.39, 0.29) is 11.8 Å². The average Bonchev–Trinajstić information content (AvgIpc) is 2.81. The molecular weight excluding hydrogens is 270 g/mol. The summed E-state index contributed by atoms with van der Waals surface area (Å²) in [5.74, 6) is -0.183. The zero-order chi connectivity index (χ0) is 15.6. The van der Waals surface area contributed by atoms with E-state index in [1.807, 2.05) is 13.8 Å². The molecule has 0 saturated heterocycles. The highest BCUT2D eigenvalue weighted by atomic mass is 16.5. The fourth-order valence-corrected chi connectivity index (χ4v) is 1.97. The van der Waals surface area contributed by atoms with Crippen LogP contribution in [0.1, 0.15) is 51.9 Å². The van der Waals surface area contributed by atoms with E-state index < -0.39 is 5.91 Å². The molecule has 21 heavy (non-hydrogen) atoms. The number of anilines is 1. The third-order valence-corrected chi connectivity index (χ3v) is 3.07. The normalized spacial score (nSPS) is 10.7. The van der Waals surface area contributed by atoms with Crippen LogP contribution in [0.15, 0.2) is 28.8 Å². The van der Waals surface area contributed by atoms with E-state index in [0.29, 0.717) is 28.3 Å². The molecule has 0 aliphatic rings. The standard InChI is InChI=1S/C15H17N3O3/c1-8(2)13-12(9(3)18-21-13)15(20)17-11-6-4-10(5-7-11)14(16)19/h4-8H,1-3H3,(H2,16,19)(H,17,20). The molecule has 0 bridgehead atoms. The number of nitrogens with two attached hydrogens (primary N) is 1. The first-order valence-electron chi connectivity index (χ1n) is 6.57. The first kappa shape index (κ1) is 14.8. The molecule has 0 saturated carbocycles. The van der Waals surface area contributed by atoms with Gasteiger partial charge in [0.1, 0.15) is 5.56 Å². The predicted molar refractivity (Wildman–Crippen MR) is 78.2 cm³/mol. The molecule has 110 valence electrons. The van der Waals surface area contributed by atoms with Gasteiger partial charge in [-0.25, -0.2) is 0 Å². The van der Waals surface area contributed by atoms with Crippen molar-refractivity contribution in [3.63, 3.8) is 0 Å². The monoisotopic (exact) mass is 287 g/mol. The van der Waals surface area contributed by atoms with Gasteiger partial charge in [0.15, 0.2) is 5.76 Å². The van der Waals surface area contributed by atoms with Crippen LogP contribution in [0.5, 0.6) is 0 Å². The molecule has 0 atom stereocenters. The van der Waals surface area contributed by atoms with Crippen LogP contribution in [0.25, 0.3) is 0 Å². The minimum absolute atomic E-state index is 0.0594. The van der Waals surface area contributed by atoms with Crippen LogP contribution in [0.3, 0.4) is 0 Å². The number of aryl methyl sites for hydroxylation is 1. The number of hydrogen-bond acceptors (Lipinski definition) is 4. The average molecular weight is 287 g/mol. The van der Waals surface area contributed by atoms with Crippen molar-refractivity contribution in [2.45, 2.75) is 26.7 Å². The van der Waals surface area contributed by atoms with Crippen LogP contribution >= 0.6 is 0 Å². The van der Waals surface area contributed by atoms with Gasteiger partial charge in [0, 0.05) is 17.2 Å². The number of nitrogens with zero attached hydrogens (tertiary/aromatic N) is 1. The summed E-state index contributed by atoms with van der Waals surface area (Å²) in [6.45, 7) is 5.58. The zero-order valence-electron chi connectivity index (χ0n) is 12.1. The molecule has 0 aliphatic heterocycles. The van der Waals surface area contributed by atoms with Crippen molar-refractivity contribution in [1.29, 1.82) is 0 Å². The Hall–Kier alpha value is -2.63. The fraction of sp³-hybridized carbons (Fsp3) is 0.267. The number of nitrogens with one attached hydrogen (secondary N) is 1. The van der Waals surface area contributed by atoms with Gasteiger partial charge in [0.25, 0.3) is 5.91 Å². The number of benzene rings is 1. The van der Waals surface area contributed by atoms with Gasteiger partial charge < -0.3 is 15.6 Å². The molecule has 0 aliphatic carbocycles. The molecule has 0 fully saturated rings. The lowest BCUT2D eigenvalue weighted by molar-refractivity contribution is 0.0998. The minimum Gasteiger partial charge on any atom is -0.366 e. The quantitative estimate of drug-likeness (QED) is 0.902. The molecule has 2 amide bonds. The van der Waals surface area contributed by atoms with Crippen molar-refractivity contribution < 1.29 is 14.1 Å². The number of hydrogen-bond donors (Lipinski definition) is 2. The Morgan fingerprint density at radius 1 is 1.24 bits per heavy atom. The van der Waals surface area contributed by atoms with E-state index in [1.165, 1.54) is 0 Å². The summed E-state index contributed by atoms with van der Waals surface area (Å²) < 4.78 is 5.19. The van der Waals surface area contributed by atoms with E-state index in [1.54, 1.807) is 31.2 Å².